The number of nitrogens with zero attached hydrogens (tertiary/aromatic N) is 2. The van der Waals surface area contributed by atoms with Gasteiger partial charge in [-0.2, -0.15) is 5.26 Å². The van der Waals surface area contributed by atoms with Gasteiger partial charge >= 0.3 is 12.1 Å². The highest BCUT2D eigenvalue weighted by Crippen LogP contribution is 2.32. The standard InChI is InChI=1S/C25H25N5O7/c1-33-20-10-18(5-6-19(20)21-12-27-15-36-21)30-24(31)29-17-4-2-3-16(9-17)11-28-25(32)37-23-14-34-13-22(23)35-8-7-26/h2-6,9-10,12,15,22-23H,8,11,13-14H2,1H3,(H,28,32)(H2,29,30,31). The molecular weight excluding hydrogens is 482 g/mol. The molecule has 1 aliphatic heterocycles. The number of methoxy groups -OCH3 is 1. The first-order valence-electron chi connectivity index (χ1n) is 11.3. The van der Waals surface area contributed by atoms with E-state index in [2.05, 4.69) is 20.9 Å². The maximum atomic E-state index is 12.5. The third-order valence-electron chi connectivity index (χ3n) is 5.38. The van der Waals surface area contributed by atoms with Crippen molar-refractivity contribution < 1.29 is 33.0 Å². The minimum Gasteiger partial charge on any atom is -0.496 e. The summed E-state index contributed by atoms with van der Waals surface area (Å²) in [7, 11) is 1.52. The lowest BCUT2D eigenvalue weighted by atomic mass is 10.1. The Morgan fingerprint density at radius 1 is 1.14 bits per heavy atom. The minimum absolute atomic E-state index is 0.107. The minimum atomic E-state index is -0.639. The molecule has 1 fully saturated rings. The van der Waals surface area contributed by atoms with Crippen molar-refractivity contribution in [3.8, 4) is 23.1 Å². The second kappa shape index (κ2) is 12.4. The van der Waals surface area contributed by atoms with Gasteiger partial charge in [0.05, 0.1) is 38.2 Å². The van der Waals surface area contributed by atoms with Crippen molar-refractivity contribution in [2.24, 2.45) is 0 Å². The van der Waals surface area contributed by atoms with Gasteiger partial charge in [0.1, 0.15) is 18.5 Å². The van der Waals surface area contributed by atoms with Gasteiger partial charge in [0.25, 0.3) is 0 Å². The van der Waals surface area contributed by atoms with Crippen molar-refractivity contribution >= 4 is 23.5 Å². The molecule has 12 heteroatoms. The van der Waals surface area contributed by atoms with E-state index in [1.54, 1.807) is 48.7 Å². The third kappa shape index (κ3) is 6.97. The van der Waals surface area contributed by atoms with E-state index >= 15 is 0 Å². The zero-order valence-electron chi connectivity index (χ0n) is 19.9. The Morgan fingerprint density at radius 3 is 2.70 bits per heavy atom. The van der Waals surface area contributed by atoms with Crippen molar-refractivity contribution in [3.63, 3.8) is 0 Å². The fraction of sp³-hybridized carbons (Fsp3) is 0.280. The van der Waals surface area contributed by atoms with Gasteiger partial charge in [-0.15, -0.1) is 0 Å². The number of ether oxygens (including phenoxy) is 4. The summed E-state index contributed by atoms with van der Waals surface area (Å²) < 4.78 is 26.6. The molecule has 192 valence electrons. The lowest BCUT2D eigenvalue weighted by molar-refractivity contribution is -0.00544. The Labute approximate surface area is 212 Å². The lowest BCUT2D eigenvalue weighted by Gasteiger charge is -2.18. The van der Waals surface area contributed by atoms with Gasteiger partial charge in [0.2, 0.25) is 0 Å². The molecule has 1 saturated heterocycles. The largest absolute Gasteiger partial charge is 0.496 e. The molecule has 2 unspecified atom stereocenters. The highest BCUT2D eigenvalue weighted by Gasteiger charge is 2.32. The third-order valence-corrected chi connectivity index (χ3v) is 5.38. The molecule has 1 aromatic heterocycles. The quantitative estimate of drug-likeness (QED) is 0.394. The summed E-state index contributed by atoms with van der Waals surface area (Å²) in [6.07, 6.45) is 1.20. The molecule has 0 spiro atoms. The number of carbonyl (C=O) groups excluding carboxylic acids is 2. The van der Waals surface area contributed by atoms with Crippen LogP contribution >= 0.6 is 0 Å². The number of benzene rings is 2. The summed E-state index contributed by atoms with van der Waals surface area (Å²) in [6.45, 7) is 0.526. The zero-order valence-corrected chi connectivity index (χ0v) is 19.9. The number of rotatable bonds is 9. The number of amides is 3. The second-order valence-corrected chi connectivity index (χ2v) is 7.90. The Morgan fingerprint density at radius 2 is 1.95 bits per heavy atom. The molecule has 3 amide bonds. The average molecular weight is 508 g/mol. The SMILES string of the molecule is COc1cc(NC(=O)Nc2cccc(CNC(=O)OC3COCC3OCC#N)c2)ccc1-c1cnco1. The fourth-order valence-electron chi connectivity index (χ4n) is 3.65. The molecule has 0 bridgehead atoms. The summed E-state index contributed by atoms with van der Waals surface area (Å²) in [5.74, 6) is 1.06. The van der Waals surface area contributed by atoms with Crippen molar-refractivity contribution in [2.45, 2.75) is 18.8 Å². The van der Waals surface area contributed by atoms with Crippen LogP contribution in [-0.2, 0) is 20.8 Å². The number of alkyl carbamates (subject to hydrolysis) is 1. The number of hydrogen-bond acceptors (Lipinski definition) is 9. The Kier molecular flexibility index (Phi) is 8.53. The predicted molar refractivity (Wildman–Crippen MR) is 131 cm³/mol. The molecule has 2 aromatic carbocycles. The van der Waals surface area contributed by atoms with E-state index in [1.807, 2.05) is 6.07 Å². The van der Waals surface area contributed by atoms with Crippen LogP contribution in [0.5, 0.6) is 5.75 Å². The number of aromatic nitrogens is 1. The first-order chi connectivity index (χ1) is 18.1. The van der Waals surface area contributed by atoms with E-state index in [0.717, 1.165) is 5.56 Å². The number of urea groups is 1. The highest BCUT2D eigenvalue weighted by atomic mass is 16.6. The number of oxazole rings is 1. The average Bonchev–Trinajstić information content (AvgIpc) is 3.59. The van der Waals surface area contributed by atoms with Gasteiger partial charge in [-0.25, -0.2) is 14.6 Å². The molecule has 2 heterocycles. The fourth-order valence-corrected chi connectivity index (χ4v) is 3.65. The van der Waals surface area contributed by atoms with Crippen molar-refractivity contribution in [3.05, 3.63) is 60.6 Å². The maximum absolute atomic E-state index is 12.5. The first kappa shape index (κ1) is 25.5. The molecule has 0 radical (unpaired) electrons. The van der Waals surface area contributed by atoms with Crippen LogP contribution in [0.4, 0.5) is 21.0 Å². The predicted octanol–water partition coefficient (Wildman–Crippen LogP) is 3.53. The lowest BCUT2D eigenvalue weighted by Crippen LogP contribution is -2.36. The van der Waals surface area contributed by atoms with Crippen LogP contribution in [-0.4, -0.2) is 56.2 Å². The number of nitrogens with one attached hydrogen (secondary N) is 3. The van der Waals surface area contributed by atoms with Gasteiger partial charge in [0.15, 0.2) is 18.3 Å². The molecule has 3 N–H and O–H groups in total. The zero-order chi connectivity index (χ0) is 26.0. The normalized spacial score (nSPS) is 16.4. The van der Waals surface area contributed by atoms with Crippen LogP contribution in [0.15, 0.2) is 59.5 Å². The smallest absolute Gasteiger partial charge is 0.407 e. The summed E-state index contributed by atoms with van der Waals surface area (Å²) in [5, 5.41) is 16.8. The van der Waals surface area contributed by atoms with Crippen LogP contribution < -0.4 is 20.7 Å². The van der Waals surface area contributed by atoms with E-state index in [1.165, 1.54) is 13.5 Å². The van der Waals surface area contributed by atoms with Gasteiger partial charge in [-0.3, -0.25) is 0 Å². The van der Waals surface area contributed by atoms with Gasteiger partial charge in [-0.1, -0.05) is 12.1 Å². The van der Waals surface area contributed by atoms with Crippen molar-refractivity contribution in [2.75, 3.05) is 37.6 Å². The van der Waals surface area contributed by atoms with E-state index in [9.17, 15) is 9.59 Å². The number of hydrogen-bond donors (Lipinski definition) is 3. The first-order valence-corrected chi connectivity index (χ1v) is 11.3. The number of anilines is 2. The Balaban J connectivity index is 1.28. The number of nitriles is 1. The summed E-state index contributed by atoms with van der Waals surface area (Å²) in [5.41, 5.74) is 2.50. The van der Waals surface area contributed by atoms with E-state index in [-0.39, 0.29) is 26.4 Å². The van der Waals surface area contributed by atoms with Gasteiger partial charge < -0.3 is 39.3 Å². The van der Waals surface area contributed by atoms with E-state index in [0.29, 0.717) is 28.4 Å². The van der Waals surface area contributed by atoms with Crippen LogP contribution in [0, 0.1) is 11.3 Å². The number of carbonyl (C=O) groups is 2. The maximum Gasteiger partial charge on any atom is 0.407 e. The molecule has 0 aliphatic carbocycles. The van der Waals surface area contributed by atoms with Crippen LogP contribution in [0.3, 0.4) is 0 Å². The summed E-state index contributed by atoms with van der Waals surface area (Å²) >= 11 is 0. The molecule has 3 aromatic rings. The molecule has 1 aliphatic rings. The van der Waals surface area contributed by atoms with E-state index in [4.69, 9.17) is 28.6 Å². The monoisotopic (exact) mass is 507 g/mol. The topological polar surface area (TPSA) is 157 Å². The van der Waals surface area contributed by atoms with Crippen LogP contribution in [0.2, 0.25) is 0 Å². The molecule has 0 saturated carbocycles. The Hall–Kier alpha value is -4.60. The van der Waals surface area contributed by atoms with Gasteiger partial charge in [0, 0.05) is 24.0 Å². The summed E-state index contributed by atoms with van der Waals surface area (Å²) in [4.78, 5) is 28.7. The molecule has 37 heavy (non-hydrogen) atoms. The van der Waals surface area contributed by atoms with Crippen molar-refractivity contribution in [1.82, 2.24) is 10.3 Å². The molecule has 12 nitrogen and oxygen atoms in total. The van der Waals surface area contributed by atoms with Gasteiger partial charge in [-0.05, 0) is 29.8 Å². The second-order valence-electron chi connectivity index (χ2n) is 7.90. The molecule has 4 rings (SSSR count). The van der Waals surface area contributed by atoms with Crippen molar-refractivity contribution in [1.29, 1.82) is 5.26 Å². The highest BCUT2D eigenvalue weighted by molar-refractivity contribution is 6.00. The Bertz CT molecular complexity index is 1260. The molecular formula is C25H25N5O7. The van der Waals surface area contributed by atoms with E-state index < -0.39 is 24.3 Å². The summed E-state index contributed by atoms with van der Waals surface area (Å²) in [6, 6.07) is 13.6. The molecule has 2 atom stereocenters. The van der Waals surface area contributed by atoms with Crippen LogP contribution in [0.25, 0.3) is 11.3 Å². The van der Waals surface area contributed by atoms with Crippen LogP contribution in [0.1, 0.15) is 5.56 Å².